The summed E-state index contributed by atoms with van der Waals surface area (Å²) in [5, 5.41) is 10.8. The Morgan fingerprint density at radius 2 is 2.19 bits per heavy atom. The van der Waals surface area contributed by atoms with Gasteiger partial charge in [-0.1, -0.05) is 0 Å². The summed E-state index contributed by atoms with van der Waals surface area (Å²) >= 11 is 0. The number of benzene rings is 1. The van der Waals surface area contributed by atoms with E-state index >= 15 is 0 Å². The van der Waals surface area contributed by atoms with Gasteiger partial charge in [0, 0.05) is 20.1 Å². The zero-order chi connectivity index (χ0) is 12.3. The molecule has 0 radical (unpaired) electrons. The number of hydrogen-bond acceptors (Lipinski definition) is 4. The molecule has 0 amide bonds. The van der Waals surface area contributed by atoms with E-state index in [1.54, 1.807) is 18.9 Å². The van der Waals surface area contributed by atoms with Crippen molar-refractivity contribution in [1.82, 2.24) is 0 Å². The molecule has 0 heterocycles. The summed E-state index contributed by atoms with van der Waals surface area (Å²) in [5.74, 6) is -0.573. The van der Waals surface area contributed by atoms with Crippen LogP contribution in [0.1, 0.15) is 5.56 Å². The van der Waals surface area contributed by atoms with Crippen LogP contribution in [0.4, 0.5) is 15.8 Å². The van der Waals surface area contributed by atoms with Crippen LogP contribution in [0, 0.1) is 22.9 Å². The third-order valence-corrected chi connectivity index (χ3v) is 2.33. The normalized spacial score (nSPS) is 10.2. The predicted molar refractivity (Wildman–Crippen MR) is 60.1 cm³/mol. The van der Waals surface area contributed by atoms with Crippen molar-refractivity contribution in [2.75, 3.05) is 25.0 Å². The van der Waals surface area contributed by atoms with E-state index in [1.807, 2.05) is 0 Å². The van der Waals surface area contributed by atoms with Gasteiger partial charge in [-0.05, 0) is 18.6 Å². The first-order chi connectivity index (χ1) is 7.47. The highest BCUT2D eigenvalue weighted by Crippen LogP contribution is 2.29. The van der Waals surface area contributed by atoms with Crippen molar-refractivity contribution < 1.29 is 9.31 Å². The Hall–Kier alpha value is -1.69. The van der Waals surface area contributed by atoms with Gasteiger partial charge in [-0.15, -0.1) is 0 Å². The second kappa shape index (κ2) is 4.89. The van der Waals surface area contributed by atoms with E-state index in [-0.39, 0.29) is 5.69 Å². The Kier molecular flexibility index (Phi) is 3.78. The lowest BCUT2D eigenvalue weighted by Crippen LogP contribution is -2.25. The number of aryl methyl sites for hydroxylation is 1. The molecule has 0 unspecified atom stereocenters. The first-order valence-electron chi connectivity index (χ1n) is 4.83. The summed E-state index contributed by atoms with van der Waals surface area (Å²) in [7, 11) is 1.69. The number of nitro benzene ring substituents is 1. The molecular weight excluding hydrogens is 213 g/mol. The van der Waals surface area contributed by atoms with Crippen molar-refractivity contribution in [1.29, 1.82) is 0 Å². The molecular formula is C10H14FN3O2. The lowest BCUT2D eigenvalue weighted by Gasteiger charge is -2.18. The zero-order valence-electron chi connectivity index (χ0n) is 9.24. The van der Waals surface area contributed by atoms with E-state index < -0.39 is 10.7 Å². The van der Waals surface area contributed by atoms with Crippen molar-refractivity contribution in [2.24, 2.45) is 5.73 Å². The molecule has 6 heteroatoms. The minimum Gasteiger partial charge on any atom is -0.368 e. The van der Waals surface area contributed by atoms with E-state index in [2.05, 4.69) is 0 Å². The Morgan fingerprint density at radius 3 is 2.69 bits per heavy atom. The van der Waals surface area contributed by atoms with Gasteiger partial charge in [-0.2, -0.15) is 0 Å². The quantitative estimate of drug-likeness (QED) is 0.624. The van der Waals surface area contributed by atoms with Crippen LogP contribution in [0.15, 0.2) is 12.1 Å². The van der Waals surface area contributed by atoms with Crippen LogP contribution in [0.25, 0.3) is 0 Å². The minimum atomic E-state index is -0.592. The molecule has 0 fully saturated rings. The first kappa shape index (κ1) is 12.4. The number of halogens is 1. The van der Waals surface area contributed by atoms with Crippen LogP contribution in [0.3, 0.4) is 0 Å². The van der Waals surface area contributed by atoms with Crippen LogP contribution in [-0.2, 0) is 0 Å². The molecule has 0 saturated heterocycles. The molecule has 88 valence electrons. The fourth-order valence-electron chi connectivity index (χ4n) is 1.42. The van der Waals surface area contributed by atoms with Crippen LogP contribution in [0.5, 0.6) is 0 Å². The van der Waals surface area contributed by atoms with Gasteiger partial charge in [0.2, 0.25) is 0 Å². The molecule has 0 atom stereocenters. The molecule has 1 aromatic rings. The second-order valence-corrected chi connectivity index (χ2v) is 3.56. The van der Waals surface area contributed by atoms with Crippen LogP contribution >= 0.6 is 0 Å². The first-order valence-corrected chi connectivity index (χ1v) is 4.83. The van der Waals surface area contributed by atoms with Gasteiger partial charge in [0.15, 0.2) is 0 Å². The van der Waals surface area contributed by atoms with Gasteiger partial charge < -0.3 is 10.6 Å². The van der Waals surface area contributed by atoms with Crippen molar-refractivity contribution in [3.05, 3.63) is 33.6 Å². The largest absolute Gasteiger partial charge is 0.368 e. The highest BCUT2D eigenvalue weighted by atomic mass is 19.1. The molecule has 16 heavy (non-hydrogen) atoms. The van der Waals surface area contributed by atoms with Crippen LogP contribution in [0.2, 0.25) is 0 Å². The molecule has 0 bridgehead atoms. The van der Waals surface area contributed by atoms with E-state index in [9.17, 15) is 14.5 Å². The predicted octanol–water partition coefficient (Wildman–Crippen LogP) is 1.44. The summed E-state index contributed by atoms with van der Waals surface area (Å²) in [6.07, 6.45) is 0. The fraction of sp³-hybridized carbons (Fsp3) is 0.400. The summed E-state index contributed by atoms with van der Waals surface area (Å²) in [4.78, 5) is 11.8. The zero-order valence-corrected chi connectivity index (χ0v) is 9.24. The second-order valence-electron chi connectivity index (χ2n) is 3.56. The summed E-state index contributed by atoms with van der Waals surface area (Å²) < 4.78 is 13.2. The highest BCUT2D eigenvalue weighted by molar-refractivity contribution is 5.64. The van der Waals surface area contributed by atoms with Crippen molar-refractivity contribution >= 4 is 11.4 Å². The van der Waals surface area contributed by atoms with Gasteiger partial charge in [0.05, 0.1) is 11.0 Å². The van der Waals surface area contributed by atoms with Crippen LogP contribution < -0.4 is 10.6 Å². The standard InChI is InChI=1S/C10H14FN3O2/c1-7-5-9(13(2)4-3-12)10(14(15)16)6-8(7)11/h5-6H,3-4,12H2,1-2H3. The third-order valence-electron chi connectivity index (χ3n) is 2.33. The molecule has 5 nitrogen and oxygen atoms in total. The molecule has 2 N–H and O–H groups in total. The number of hydrogen-bond donors (Lipinski definition) is 1. The molecule has 0 saturated carbocycles. The Bertz CT molecular complexity index is 409. The number of likely N-dealkylation sites (N-methyl/N-ethyl adjacent to an activating group) is 1. The monoisotopic (exact) mass is 227 g/mol. The van der Waals surface area contributed by atoms with Crippen molar-refractivity contribution in [2.45, 2.75) is 6.92 Å². The third kappa shape index (κ3) is 2.46. The highest BCUT2D eigenvalue weighted by Gasteiger charge is 2.19. The van der Waals surface area contributed by atoms with Gasteiger partial charge in [0.1, 0.15) is 11.5 Å². The average Bonchev–Trinajstić information content (AvgIpc) is 2.21. The number of nitrogens with two attached hydrogens (primary N) is 1. The number of nitro groups is 1. The maximum atomic E-state index is 13.2. The Balaban J connectivity index is 3.24. The summed E-state index contributed by atoms with van der Waals surface area (Å²) in [5.41, 5.74) is 5.90. The van der Waals surface area contributed by atoms with E-state index in [1.165, 1.54) is 6.07 Å². The number of anilines is 1. The Morgan fingerprint density at radius 1 is 1.56 bits per heavy atom. The molecule has 1 aromatic carbocycles. The average molecular weight is 227 g/mol. The molecule has 0 spiro atoms. The van der Waals surface area contributed by atoms with Gasteiger partial charge in [-0.3, -0.25) is 10.1 Å². The molecule has 0 aliphatic rings. The molecule has 0 aliphatic heterocycles. The topological polar surface area (TPSA) is 72.4 Å². The van der Waals surface area contributed by atoms with Crippen molar-refractivity contribution in [3.8, 4) is 0 Å². The lowest BCUT2D eigenvalue weighted by atomic mass is 10.1. The molecule has 1 rings (SSSR count). The van der Waals surface area contributed by atoms with Gasteiger partial charge in [0.25, 0.3) is 5.69 Å². The lowest BCUT2D eigenvalue weighted by molar-refractivity contribution is -0.384. The molecule has 0 aromatic heterocycles. The van der Waals surface area contributed by atoms with Crippen LogP contribution in [-0.4, -0.2) is 25.1 Å². The molecule has 0 aliphatic carbocycles. The maximum Gasteiger partial charge on any atom is 0.295 e. The smallest absolute Gasteiger partial charge is 0.295 e. The SMILES string of the molecule is Cc1cc(N(C)CCN)c([N+](=O)[O-])cc1F. The fourth-order valence-corrected chi connectivity index (χ4v) is 1.42. The van der Waals surface area contributed by atoms with E-state index in [0.29, 0.717) is 24.3 Å². The minimum absolute atomic E-state index is 0.237. The van der Waals surface area contributed by atoms with E-state index in [4.69, 9.17) is 5.73 Å². The summed E-state index contributed by atoms with van der Waals surface area (Å²) in [6, 6.07) is 2.40. The maximum absolute atomic E-state index is 13.2. The van der Waals surface area contributed by atoms with Gasteiger partial charge in [-0.25, -0.2) is 4.39 Å². The van der Waals surface area contributed by atoms with E-state index in [0.717, 1.165) is 6.07 Å². The van der Waals surface area contributed by atoms with Crippen molar-refractivity contribution in [3.63, 3.8) is 0 Å². The number of rotatable bonds is 4. The number of nitrogens with zero attached hydrogens (tertiary/aromatic N) is 2. The van der Waals surface area contributed by atoms with Gasteiger partial charge >= 0.3 is 0 Å². The summed E-state index contributed by atoms with van der Waals surface area (Å²) in [6.45, 7) is 2.43. The Labute approximate surface area is 92.8 Å².